The first-order chi connectivity index (χ1) is 25.6. The van der Waals surface area contributed by atoms with E-state index in [1.54, 1.807) is 0 Å². The van der Waals surface area contributed by atoms with Crippen LogP contribution in [0.4, 0.5) is 34.1 Å². The Bertz CT molecular complexity index is 2810. The number of furan rings is 2. The molecular formula is C48H34N2O2. The summed E-state index contributed by atoms with van der Waals surface area (Å²) in [7, 11) is 0. The third-order valence-electron chi connectivity index (χ3n) is 10.1. The van der Waals surface area contributed by atoms with Gasteiger partial charge >= 0.3 is 0 Å². The number of aryl methyl sites for hydroxylation is 2. The number of benzene rings is 8. The molecule has 4 nitrogen and oxygen atoms in total. The van der Waals surface area contributed by atoms with Gasteiger partial charge in [0.15, 0.2) is 0 Å². The first-order valence-electron chi connectivity index (χ1n) is 17.7. The average molecular weight is 671 g/mol. The Balaban J connectivity index is 1.07. The monoisotopic (exact) mass is 670 g/mol. The SMILES string of the molecule is Cc1ccc(N(c2ccccc2)c2ccc3cc4c(cc3c2)oc2cc3c(cc24)oc2cc(N(c4ccccc4)c4ccc(C)cc4)ccc23)cc1. The molecule has 0 atom stereocenters. The second-order valence-corrected chi connectivity index (χ2v) is 13.6. The summed E-state index contributed by atoms with van der Waals surface area (Å²) in [4.78, 5) is 4.56. The molecule has 0 spiro atoms. The fourth-order valence-corrected chi connectivity index (χ4v) is 7.48. The van der Waals surface area contributed by atoms with Crippen molar-refractivity contribution in [1.29, 1.82) is 0 Å². The van der Waals surface area contributed by atoms with Crippen LogP contribution < -0.4 is 9.80 Å². The average Bonchev–Trinajstić information content (AvgIpc) is 3.71. The van der Waals surface area contributed by atoms with Crippen molar-refractivity contribution >= 4 is 88.8 Å². The highest BCUT2D eigenvalue weighted by Crippen LogP contribution is 2.42. The molecule has 10 rings (SSSR count). The molecule has 4 heteroatoms. The number of nitrogens with zero attached hydrogens (tertiary/aromatic N) is 2. The molecule has 2 heterocycles. The molecule has 0 N–H and O–H groups in total. The molecule has 2 aromatic heterocycles. The van der Waals surface area contributed by atoms with E-state index in [1.165, 1.54) is 11.1 Å². The summed E-state index contributed by atoms with van der Waals surface area (Å²) >= 11 is 0. The van der Waals surface area contributed by atoms with E-state index in [0.29, 0.717) is 0 Å². The van der Waals surface area contributed by atoms with Gasteiger partial charge in [-0.1, -0.05) is 77.9 Å². The van der Waals surface area contributed by atoms with E-state index in [2.05, 4.69) is 187 Å². The number of hydrogen-bond donors (Lipinski definition) is 0. The van der Waals surface area contributed by atoms with Gasteiger partial charge in [0.2, 0.25) is 0 Å². The molecule has 52 heavy (non-hydrogen) atoms. The zero-order valence-electron chi connectivity index (χ0n) is 28.9. The summed E-state index contributed by atoms with van der Waals surface area (Å²) in [5.41, 5.74) is 12.4. The minimum absolute atomic E-state index is 0.840. The van der Waals surface area contributed by atoms with Crippen LogP contribution in [-0.4, -0.2) is 0 Å². The first kappa shape index (κ1) is 30.1. The minimum atomic E-state index is 0.840. The molecule has 0 aliphatic heterocycles. The molecule has 8 aromatic carbocycles. The van der Waals surface area contributed by atoms with Crippen molar-refractivity contribution in [1.82, 2.24) is 0 Å². The predicted molar refractivity (Wildman–Crippen MR) is 217 cm³/mol. The van der Waals surface area contributed by atoms with Crippen molar-refractivity contribution < 1.29 is 8.83 Å². The van der Waals surface area contributed by atoms with E-state index in [0.717, 1.165) is 88.8 Å². The lowest BCUT2D eigenvalue weighted by Gasteiger charge is -2.26. The van der Waals surface area contributed by atoms with E-state index in [1.807, 2.05) is 6.07 Å². The molecular weight excluding hydrogens is 637 g/mol. The molecule has 10 aromatic rings. The van der Waals surface area contributed by atoms with Crippen LogP contribution in [0.5, 0.6) is 0 Å². The second-order valence-electron chi connectivity index (χ2n) is 13.6. The first-order valence-corrected chi connectivity index (χ1v) is 17.7. The van der Waals surface area contributed by atoms with Crippen LogP contribution in [0.1, 0.15) is 11.1 Å². The van der Waals surface area contributed by atoms with Gasteiger partial charge in [-0.15, -0.1) is 0 Å². The fourth-order valence-electron chi connectivity index (χ4n) is 7.48. The summed E-state index contributed by atoms with van der Waals surface area (Å²) in [6, 6.07) is 60.1. The standard InChI is InChI=1S/C48H34N2O2/c1-31-13-18-37(19-14-31)49(35-9-5-3-6-10-35)39-22-17-33-26-42-44-30-47-43(29-48(44)51-45(42)27-34(33)25-39)41-24-23-40(28-46(41)52-47)50(36-11-7-4-8-12-36)38-20-15-32(2)16-21-38/h3-30H,1-2H3. The Morgan fingerprint density at radius 1 is 0.308 bits per heavy atom. The van der Waals surface area contributed by atoms with Crippen molar-refractivity contribution in [3.63, 3.8) is 0 Å². The Hall–Kier alpha value is -6.78. The molecule has 0 aliphatic carbocycles. The Morgan fingerprint density at radius 2 is 0.731 bits per heavy atom. The molecule has 0 fully saturated rings. The molecule has 0 saturated carbocycles. The van der Waals surface area contributed by atoms with Gasteiger partial charge in [-0.3, -0.25) is 0 Å². The van der Waals surface area contributed by atoms with Crippen LogP contribution in [-0.2, 0) is 0 Å². The summed E-state index contributed by atoms with van der Waals surface area (Å²) in [5, 5.41) is 6.50. The third-order valence-corrected chi connectivity index (χ3v) is 10.1. The highest BCUT2D eigenvalue weighted by atomic mass is 16.3. The zero-order valence-corrected chi connectivity index (χ0v) is 28.9. The van der Waals surface area contributed by atoms with Crippen molar-refractivity contribution in [2.45, 2.75) is 13.8 Å². The maximum atomic E-state index is 6.61. The van der Waals surface area contributed by atoms with E-state index in [9.17, 15) is 0 Å². The lowest BCUT2D eigenvalue weighted by atomic mass is 10.0. The molecule has 248 valence electrons. The number of fused-ring (bicyclic) bond motifs is 7. The van der Waals surface area contributed by atoms with Crippen LogP contribution >= 0.6 is 0 Å². The molecule has 0 amide bonds. The fraction of sp³-hybridized carbons (Fsp3) is 0.0417. The van der Waals surface area contributed by atoms with E-state index >= 15 is 0 Å². The molecule has 0 radical (unpaired) electrons. The van der Waals surface area contributed by atoms with Gasteiger partial charge in [-0.2, -0.15) is 0 Å². The lowest BCUT2D eigenvalue weighted by molar-refractivity contribution is 0.664. The second kappa shape index (κ2) is 11.9. The van der Waals surface area contributed by atoms with Crippen LogP contribution in [0, 0.1) is 13.8 Å². The van der Waals surface area contributed by atoms with Crippen LogP contribution in [0.25, 0.3) is 54.6 Å². The van der Waals surface area contributed by atoms with Crippen LogP contribution in [0.3, 0.4) is 0 Å². The van der Waals surface area contributed by atoms with Gasteiger partial charge in [0.05, 0.1) is 0 Å². The van der Waals surface area contributed by atoms with Gasteiger partial charge in [0.1, 0.15) is 22.3 Å². The van der Waals surface area contributed by atoms with E-state index in [4.69, 9.17) is 8.83 Å². The summed E-state index contributed by atoms with van der Waals surface area (Å²) in [5.74, 6) is 0. The normalized spacial score (nSPS) is 11.7. The Kier molecular flexibility index (Phi) is 6.90. The molecule has 0 aliphatic rings. The maximum absolute atomic E-state index is 6.61. The Morgan fingerprint density at radius 3 is 1.31 bits per heavy atom. The van der Waals surface area contributed by atoms with Gasteiger partial charge in [0, 0.05) is 61.7 Å². The predicted octanol–water partition coefficient (Wildman–Crippen LogP) is 14.2. The van der Waals surface area contributed by atoms with E-state index < -0.39 is 0 Å². The minimum Gasteiger partial charge on any atom is -0.456 e. The number of hydrogen-bond acceptors (Lipinski definition) is 4. The van der Waals surface area contributed by atoms with Crippen molar-refractivity contribution in [3.8, 4) is 0 Å². The largest absolute Gasteiger partial charge is 0.456 e. The van der Waals surface area contributed by atoms with Crippen molar-refractivity contribution in [2.75, 3.05) is 9.80 Å². The number of para-hydroxylation sites is 2. The smallest absolute Gasteiger partial charge is 0.137 e. The molecule has 0 unspecified atom stereocenters. The van der Waals surface area contributed by atoms with Gasteiger partial charge in [-0.25, -0.2) is 0 Å². The zero-order chi connectivity index (χ0) is 34.8. The highest BCUT2D eigenvalue weighted by Gasteiger charge is 2.18. The van der Waals surface area contributed by atoms with Gasteiger partial charge in [-0.05, 0) is 122 Å². The van der Waals surface area contributed by atoms with Crippen LogP contribution in [0.2, 0.25) is 0 Å². The van der Waals surface area contributed by atoms with Crippen molar-refractivity contribution in [3.05, 3.63) is 181 Å². The quantitative estimate of drug-likeness (QED) is 0.176. The van der Waals surface area contributed by atoms with Crippen molar-refractivity contribution in [2.24, 2.45) is 0 Å². The van der Waals surface area contributed by atoms with E-state index in [-0.39, 0.29) is 0 Å². The topological polar surface area (TPSA) is 32.8 Å². The summed E-state index contributed by atoms with van der Waals surface area (Å²) in [6.07, 6.45) is 0. The van der Waals surface area contributed by atoms with Crippen LogP contribution in [0.15, 0.2) is 179 Å². The lowest BCUT2D eigenvalue weighted by Crippen LogP contribution is -2.09. The Labute approximate surface area is 301 Å². The van der Waals surface area contributed by atoms with Gasteiger partial charge < -0.3 is 18.6 Å². The highest BCUT2D eigenvalue weighted by molar-refractivity contribution is 6.17. The number of anilines is 6. The summed E-state index contributed by atoms with van der Waals surface area (Å²) < 4.78 is 13.2. The summed E-state index contributed by atoms with van der Waals surface area (Å²) in [6.45, 7) is 4.23. The molecule has 0 saturated heterocycles. The number of rotatable bonds is 6. The molecule has 0 bridgehead atoms. The van der Waals surface area contributed by atoms with Gasteiger partial charge in [0.25, 0.3) is 0 Å². The maximum Gasteiger partial charge on any atom is 0.137 e. The third kappa shape index (κ3) is 5.07.